The molecule has 0 spiro atoms. The van der Waals surface area contributed by atoms with Crippen LogP contribution >= 0.6 is 0 Å². The molecule has 2 saturated heterocycles. The van der Waals surface area contributed by atoms with E-state index in [0.29, 0.717) is 0 Å². The quantitative estimate of drug-likeness (QED) is 0.166. The lowest BCUT2D eigenvalue weighted by Gasteiger charge is -2.41. The minimum Gasteiger partial charge on any atom is -0.480 e. The molecule has 10 atom stereocenters. The van der Waals surface area contributed by atoms with Gasteiger partial charge in [0.15, 0.2) is 6.29 Å². The van der Waals surface area contributed by atoms with E-state index in [-0.39, 0.29) is 0 Å². The SMILES string of the molecule is O=C(O)CN[C@H](O)C1O[C@](O)(CO)[C@@H](O)[C@@H]1OC1OC(CO)[C@@H](O)[C@H](O)[C@H]1O. The van der Waals surface area contributed by atoms with Crippen molar-refractivity contribution in [1.29, 1.82) is 0 Å². The number of nitrogens with one attached hydrogen (secondary N) is 1. The molecule has 14 heteroatoms. The molecule has 2 aliphatic rings. The Labute approximate surface area is 158 Å². The summed E-state index contributed by atoms with van der Waals surface area (Å²) in [5, 5.41) is 89.3. The summed E-state index contributed by atoms with van der Waals surface area (Å²) < 4.78 is 15.5. The second kappa shape index (κ2) is 9.21. The summed E-state index contributed by atoms with van der Waals surface area (Å²) >= 11 is 0. The first-order valence-electron chi connectivity index (χ1n) is 8.34. The van der Waals surface area contributed by atoms with E-state index in [1.807, 2.05) is 0 Å². The Balaban J connectivity index is 2.19. The first-order valence-corrected chi connectivity index (χ1v) is 8.34. The number of carboxylic acids is 1. The molecule has 14 nitrogen and oxygen atoms in total. The van der Waals surface area contributed by atoms with Gasteiger partial charge in [0.2, 0.25) is 5.79 Å². The zero-order valence-corrected chi connectivity index (χ0v) is 14.5. The molecule has 0 aliphatic carbocycles. The highest BCUT2D eigenvalue weighted by atomic mass is 16.7. The van der Waals surface area contributed by atoms with Gasteiger partial charge in [-0.1, -0.05) is 0 Å². The second-order valence-electron chi connectivity index (χ2n) is 6.55. The monoisotopic (exact) mass is 415 g/mol. The minimum absolute atomic E-state index is 0.721. The Morgan fingerprint density at radius 2 is 1.79 bits per heavy atom. The van der Waals surface area contributed by atoms with Crippen LogP contribution in [-0.2, 0) is 19.0 Å². The van der Waals surface area contributed by atoms with Crippen LogP contribution in [0.2, 0.25) is 0 Å². The highest BCUT2D eigenvalue weighted by molar-refractivity contribution is 5.69. The van der Waals surface area contributed by atoms with Crippen molar-refractivity contribution in [1.82, 2.24) is 5.32 Å². The van der Waals surface area contributed by atoms with Gasteiger partial charge in [-0.2, -0.15) is 0 Å². The number of aliphatic hydroxyl groups is 8. The number of rotatable bonds is 8. The van der Waals surface area contributed by atoms with Crippen LogP contribution in [0.4, 0.5) is 0 Å². The predicted octanol–water partition coefficient (Wildman–Crippen LogP) is -6.40. The smallest absolute Gasteiger partial charge is 0.317 e. The largest absolute Gasteiger partial charge is 0.480 e. The summed E-state index contributed by atoms with van der Waals surface area (Å²) in [5.41, 5.74) is 0. The first-order chi connectivity index (χ1) is 13.1. The number of aliphatic carboxylic acids is 1. The maximum atomic E-state index is 10.6. The molecule has 0 saturated carbocycles. The summed E-state index contributed by atoms with van der Waals surface area (Å²) in [5.74, 6) is -3.92. The van der Waals surface area contributed by atoms with E-state index in [1.54, 1.807) is 0 Å². The molecule has 0 bridgehead atoms. The zero-order chi connectivity index (χ0) is 21.2. The highest BCUT2D eigenvalue weighted by Crippen LogP contribution is 2.35. The van der Waals surface area contributed by atoms with Crippen LogP contribution < -0.4 is 5.32 Å². The molecule has 2 fully saturated rings. The topological polar surface area (TPSA) is 239 Å². The van der Waals surface area contributed by atoms with Crippen LogP contribution in [0.25, 0.3) is 0 Å². The van der Waals surface area contributed by atoms with Gasteiger partial charge in [0, 0.05) is 0 Å². The molecule has 0 aromatic heterocycles. The van der Waals surface area contributed by atoms with E-state index in [1.165, 1.54) is 0 Å². The maximum Gasteiger partial charge on any atom is 0.317 e. The van der Waals surface area contributed by atoms with Gasteiger partial charge in [-0.25, -0.2) is 0 Å². The molecule has 164 valence electrons. The van der Waals surface area contributed by atoms with Crippen molar-refractivity contribution in [2.75, 3.05) is 19.8 Å². The van der Waals surface area contributed by atoms with Crippen LogP contribution in [0, 0.1) is 0 Å². The van der Waals surface area contributed by atoms with Gasteiger partial charge in [0.1, 0.15) is 49.0 Å². The average Bonchev–Trinajstić information content (AvgIpc) is 2.92. The molecule has 2 rings (SSSR count). The highest BCUT2D eigenvalue weighted by Gasteiger charge is 2.58. The van der Waals surface area contributed by atoms with Crippen molar-refractivity contribution >= 4 is 5.97 Å². The molecule has 28 heavy (non-hydrogen) atoms. The summed E-state index contributed by atoms with van der Waals surface area (Å²) in [6.45, 7) is -2.59. The van der Waals surface area contributed by atoms with Crippen LogP contribution in [0.15, 0.2) is 0 Å². The lowest BCUT2D eigenvalue weighted by Crippen LogP contribution is -2.61. The van der Waals surface area contributed by atoms with Gasteiger partial charge in [-0.3, -0.25) is 10.1 Å². The Hall–Kier alpha value is -1.01. The number of carboxylic acid groups (broad SMARTS) is 1. The van der Waals surface area contributed by atoms with E-state index in [9.17, 15) is 45.6 Å². The number of ether oxygens (including phenoxy) is 3. The molecule has 0 aromatic carbocycles. The van der Waals surface area contributed by atoms with Crippen molar-refractivity contribution in [3.8, 4) is 0 Å². The molecule has 10 N–H and O–H groups in total. The van der Waals surface area contributed by atoms with Gasteiger partial charge in [0.05, 0.1) is 19.8 Å². The molecule has 2 heterocycles. The van der Waals surface area contributed by atoms with Crippen molar-refractivity contribution in [2.45, 2.75) is 61.0 Å². The Morgan fingerprint density at radius 3 is 2.32 bits per heavy atom. The molecular formula is C14H25NO13. The van der Waals surface area contributed by atoms with Crippen LogP contribution in [0.1, 0.15) is 0 Å². The first kappa shape index (κ1) is 23.3. The van der Waals surface area contributed by atoms with Crippen LogP contribution in [-0.4, -0.2) is 133 Å². The predicted molar refractivity (Wildman–Crippen MR) is 83.2 cm³/mol. The second-order valence-corrected chi connectivity index (χ2v) is 6.55. The zero-order valence-electron chi connectivity index (χ0n) is 14.5. The van der Waals surface area contributed by atoms with Gasteiger partial charge >= 0.3 is 5.97 Å². The lowest BCUT2D eigenvalue weighted by molar-refractivity contribution is -0.320. The maximum absolute atomic E-state index is 10.6. The molecule has 0 radical (unpaired) electrons. The minimum atomic E-state index is -2.59. The summed E-state index contributed by atoms with van der Waals surface area (Å²) in [7, 11) is 0. The third kappa shape index (κ3) is 4.59. The van der Waals surface area contributed by atoms with E-state index in [4.69, 9.17) is 19.3 Å². The van der Waals surface area contributed by atoms with E-state index >= 15 is 0 Å². The third-order valence-corrected chi connectivity index (χ3v) is 4.58. The Kier molecular flexibility index (Phi) is 7.65. The van der Waals surface area contributed by atoms with Crippen molar-refractivity contribution in [3.05, 3.63) is 0 Å². The van der Waals surface area contributed by atoms with Crippen LogP contribution in [0.3, 0.4) is 0 Å². The molecule has 0 aromatic rings. The van der Waals surface area contributed by atoms with Crippen molar-refractivity contribution in [3.63, 3.8) is 0 Å². The normalized spacial score (nSPS) is 45.1. The number of hydrogen-bond donors (Lipinski definition) is 10. The average molecular weight is 415 g/mol. The number of hydrogen-bond acceptors (Lipinski definition) is 13. The summed E-state index contributed by atoms with van der Waals surface area (Å²) in [4.78, 5) is 10.6. The van der Waals surface area contributed by atoms with Crippen molar-refractivity contribution in [2.24, 2.45) is 0 Å². The fourth-order valence-corrected chi connectivity index (χ4v) is 2.98. The summed E-state index contributed by atoms with van der Waals surface area (Å²) in [6, 6.07) is 0. The Morgan fingerprint density at radius 1 is 1.14 bits per heavy atom. The van der Waals surface area contributed by atoms with Gasteiger partial charge in [-0.15, -0.1) is 0 Å². The van der Waals surface area contributed by atoms with Crippen LogP contribution in [0.5, 0.6) is 0 Å². The molecule has 3 unspecified atom stereocenters. The summed E-state index contributed by atoms with van der Waals surface area (Å²) in [6.07, 6.45) is -15.5. The fourth-order valence-electron chi connectivity index (χ4n) is 2.98. The fraction of sp³-hybridized carbons (Fsp3) is 0.929. The number of aliphatic hydroxyl groups excluding tert-OH is 7. The molecular weight excluding hydrogens is 390 g/mol. The van der Waals surface area contributed by atoms with E-state index < -0.39 is 86.8 Å². The Bertz CT molecular complexity index is 535. The van der Waals surface area contributed by atoms with Gasteiger partial charge < -0.3 is 60.2 Å². The van der Waals surface area contributed by atoms with E-state index in [2.05, 4.69) is 5.32 Å². The molecule has 2 aliphatic heterocycles. The van der Waals surface area contributed by atoms with Gasteiger partial charge in [0.25, 0.3) is 0 Å². The van der Waals surface area contributed by atoms with E-state index in [0.717, 1.165) is 0 Å². The lowest BCUT2D eigenvalue weighted by atomic mass is 9.98. The van der Waals surface area contributed by atoms with Gasteiger partial charge in [-0.05, 0) is 0 Å². The third-order valence-electron chi connectivity index (χ3n) is 4.58. The molecule has 0 amide bonds. The standard InChI is InChI=1S/C14H25NO13/c16-2-4-6(20)7(21)8(22)13(26-4)27-9-10(12(24)15-1-5(18)19)28-14(25,3-17)11(9)23/h4,6-13,15-17,20-25H,1-3H2,(H,18,19)/t4?,6-,7+,8-,9-,10?,11+,12-,13?,14-/m1/s1. The number of carbonyl (C=O) groups is 1. The van der Waals surface area contributed by atoms with Crippen molar-refractivity contribution < 1.29 is 65.0 Å².